The Labute approximate surface area is 198 Å². The predicted octanol–water partition coefficient (Wildman–Crippen LogP) is 3.84. The number of fused-ring (bicyclic) bond motifs is 1. The van der Waals surface area contributed by atoms with Crippen LogP contribution in [0.1, 0.15) is 25.8 Å². The van der Waals surface area contributed by atoms with E-state index in [1.54, 1.807) is 12.1 Å². The number of rotatable bonds is 8. The van der Waals surface area contributed by atoms with Gasteiger partial charge in [0.05, 0.1) is 10.6 Å². The number of amides is 1. The lowest BCUT2D eigenvalue weighted by Gasteiger charge is -2.29. The number of anilines is 1. The lowest BCUT2D eigenvalue weighted by atomic mass is 10.0. The molecule has 0 bridgehead atoms. The monoisotopic (exact) mass is 486 g/mol. The predicted molar refractivity (Wildman–Crippen MR) is 128 cm³/mol. The number of para-hydroxylation sites is 1. The Morgan fingerprint density at radius 3 is 2.55 bits per heavy atom. The Hall–Kier alpha value is -2.69. The van der Waals surface area contributed by atoms with Crippen LogP contribution < -0.4 is 4.90 Å². The molecule has 1 aliphatic heterocycles. The Morgan fingerprint density at radius 1 is 1.09 bits per heavy atom. The number of carbonyl (C=O) groups excluding carboxylic acids is 1. The van der Waals surface area contributed by atoms with Crippen LogP contribution in [0.4, 0.5) is 5.69 Å². The largest absolute Gasteiger partial charge is 0.411 e. The Morgan fingerprint density at radius 2 is 1.82 bits per heavy atom. The van der Waals surface area contributed by atoms with Crippen LogP contribution in [0.5, 0.6) is 0 Å². The van der Waals surface area contributed by atoms with Crippen LogP contribution in [-0.2, 0) is 21.2 Å². The first-order chi connectivity index (χ1) is 15.9. The SMILES string of the molecule is CCN(CC)S(=O)(=O)c1ccc(-c2nnc(SCC(=O)N3CCCc4ccccc43)o2)cc1. The number of aromatic nitrogens is 2. The van der Waals surface area contributed by atoms with E-state index in [1.807, 2.05) is 36.9 Å². The minimum atomic E-state index is -3.52. The first-order valence-electron chi connectivity index (χ1n) is 10.9. The van der Waals surface area contributed by atoms with Crippen LogP contribution in [0.25, 0.3) is 11.5 Å². The van der Waals surface area contributed by atoms with E-state index in [0.717, 1.165) is 18.5 Å². The summed E-state index contributed by atoms with van der Waals surface area (Å²) >= 11 is 1.20. The Bertz CT molecular complexity index is 1220. The molecule has 3 aromatic rings. The molecule has 0 radical (unpaired) electrons. The third-order valence-corrected chi connectivity index (χ3v) is 8.45. The van der Waals surface area contributed by atoms with Crippen LogP contribution in [0.2, 0.25) is 0 Å². The Balaban J connectivity index is 1.41. The van der Waals surface area contributed by atoms with Gasteiger partial charge in [-0.05, 0) is 48.7 Å². The molecule has 10 heteroatoms. The normalized spacial score (nSPS) is 13.8. The van der Waals surface area contributed by atoms with Gasteiger partial charge >= 0.3 is 0 Å². The molecule has 1 aliphatic rings. The average Bonchev–Trinajstić information content (AvgIpc) is 3.32. The molecule has 2 heterocycles. The van der Waals surface area contributed by atoms with E-state index in [4.69, 9.17) is 4.42 Å². The maximum Gasteiger partial charge on any atom is 0.277 e. The van der Waals surface area contributed by atoms with Crippen molar-refractivity contribution in [1.29, 1.82) is 0 Å². The van der Waals surface area contributed by atoms with Crippen molar-refractivity contribution < 1.29 is 17.6 Å². The van der Waals surface area contributed by atoms with Crippen molar-refractivity contribution in [1.82, 2.24) is 14.5 Å². The first kappa shape index (κ1) is 23.5. The molecular weight excluding hydrogens is 460 g/mol. The zero-order valence-corrected chi connectivity index (χ0v) is 20.2. The van der Waals surface area contributed by atoms with Gasteiger partial charge in [0.15, 0.2) is 0 Å². The molecular formula is C23H26N4O4S2. The Kier molecular flexibility index (Phi) is 7.16. The maximum atomic E-state index is 12.8. The van der Waals surface area contributed by atoms with Gasteiger partial charge in [-0.1, -0.05) is 43.8 Å². The second-order valence-electron chi connectivity index (χ2n) is 7.55. The number of hydrogen-bond donors (Lipinski definition) is 0. The summed E-state index contributed by atoms with van der Waals surface area (Å²) in [7, 11) is -3.52. The van der Waals surface area contributed by atoms with Crippen LogP contribution in [0, 0.1) is 0 Å². The summed E-state index contributed by atoms with van der Waals surface area (Å²) in [6.07, 6.45) is 1.92. The molecule has 0 atom stereocenters. The molecule has 0 saturated heterocycles. The van der Waals surface area contributed by atoms with Crippen molar-refractivity contribution >= 4 is 33.4 Å². The highest BCUT2D eigenvalue weighted by atomic mass is 32.2. The second-order valence-corrected chi connectivity index (χ2v) is 10.4. The van der Waals surface area contributed by atoms with Crippen LogP contribution >= 0.6 is 11.8 Å². The smallest absolute Gasteiger partial charge is 0.277 e. The summed E-state index contributed by atoms with van der Waals surface area (Å²) in [4.78, 5) is 14.8. The van der Waals surface area contributed by atoms with Gasteiger partial charge in [0.2, 0.25) is 21.8 Å². The number of nitrogens with zero attached hydrogens (tertiary/aromatic N) is 4. The molecule has 0 saturated carbocycles. The standard InChI is InChI=1S/C23H26N4O4S2/c1-3-26(4-2)33(29,30)19-13-11-18(12-14-19)22-24-25-23(31-22)32-16-21(28)27-15-7-9-17-8-5-6-10-20(17)27/h5-6,8,10-14H,3-4,7,9,15-16H2,1-2H3. The maximum absolute atomic E-state index is 12.8. The van der Waals surface area contributed by atoms with Crippen LogP contribution in [0.15, 0.2) is 63.1 Å². The highest BCUT2D eigenvalue weighted by molar-refractivity contribution is 7.99. The first-order valence-corrected chi connectivity index (χ1v) is 13.3. The number of thioether (sulfide) groups is 1. The van der Waals surface area contributed by atoms with Crippen molar-refractivity contribution in [3.8, 4) is 11.5 Å². The lowest BCUT2D eigenvalue weighted by molar-refractivity contribution is -0.116. The molecule has 0 spiro atoms. The third kappa shape index (κ3) is 4.97. The molecule has 4 rings (SSSR count). The van der Waals surface area contributed by atoms with Gasteiger partial charge in [0, 0.05) is 30.9 Å². The van der Waals surface area contributed by atoms with E-state index in [1.165, 1.54) is 33.8 Å². The summed E-state index contributed by atoms with van der Waals surface area (Å²) in [5.41, 5.74) is 2.78. The lowest BCUT2D eigenvalue weighted by Crippen LogP contribution is -2.36. The minimum absolute atomic E-state index is 0.00198. The molecule has 0 aliphatic carbocycles. The summed E-state index contributed by atoms with van der Waals surface area (Å²) in [5, 5.41) is 8.37. The fraction of sp³-hybridized carbons (Fsp3) is 0.348. The van der Waals surface area contributed by atoms with Crippen molar-refractivity contribution in [2.24, 2.45) is 0 Å². The molecule has 2 aromatic carbocycles. The zero-order chi connectivity index (χ0) is 23.4. The van der Waals surface area contributed by atoms with E-state index < -0.39 is 10.0 Å². The number of aryl methyl sites for hydroxylation is 1. The number of carbonyl (C=O) groups is 1. The van der Waals surface area contributed by atoms with E-state index >= 15 is 0 Å². The molecule has 0 unspecified atom stereocenters. The molecule has 1 amide bonds. The summed E-state index contributed by atoms with van der Waals surface area (Å²) in [6.45, 7) is 5.14. The zero-order valence-electron chi connectivity index (χ0n) is 18.6. The fourth-order valence-corrected chi connectivity index (χ4v) is 5.96. The quantitative estimate of drug-likeness (QED) is 0.446. The van der Waals surface area contributed by atoms with Crippen molar-refractivity contribution in [2.75, 3.05) is 30.3 Å². The van der Waals surface area contributed by atoms with Gasteiger partial charge < -0.3 is 9.32 Å². The van der Waals surface area contributed by atoms with Gasteiger partial charge in [-0.15, -0.1) is 10.2 Å². The summed E-state index contributed by atoms with van der Waals surface area (Å²) < 4.78 is 32.4. The van der Waals surface area contributed by atoms with Gasteiger partial charge in [0.1, 0.15) is 0 Å². The highest BCUT2D eigenvalue weighted by Gasteiger charge is 2.24. The second kappa shape index (κ2) is 10.1. The van der Waals surface area contributed by atoms with E-state index in [-0.39, 0.29) is 22.4 Å². The van der Waals surface area contributed by atoms with E-state index in [9.17, 15) is 13.2 Å². The number of hydrogen-bond acceptors (Lipinski definition) is 7. The summed E-state index contributed by atoms with van der Waals surface area (Å²) in [5.74, 6) is 0.467. The number of benzene rings is 2. The molecule has 0 N–H and O–H groups in total. The molecule has 174 valence electrons. The van der Waals surface area contributed by atoms with Crippen molar-refractivity contribution in [3.63, 3.8) is 0 Å². The van der Waals surface area contributed by atoms with Crippen LogP contribution in [0.3, 0.4) is 0 Å². The topological polar surface area (TPSA) is 96.6 Å². The molecule has 0 fully saturated rings. The van der Waals surface area contributed by atoms with Crippen molar-refractivity contribution in [2.45, 2.75) is 36.8 Å². The fourth-order valence-electron chi connectivity index (χ4n) is 3.86. The molecule has 33 heavy (non-hydrogen) atoms. The van der Waals surface area contributed by atoms with Gasteiger partial charge in [-0.2, -0.15) is 4.31 Å². The number of sulfonamides is 1. The van der Waals surface area contributed by atoms with Gasteiger partial charge in [-0.25, -0.2) is 8.42 Å². The highest BCUT2D eigenvalue weighted by Crippen LogP contribution is 2.29. The molecule has 1 aromatic heterocycles. The minimum Gasteiger partial charge on any atom is -0.411 e. The van der Waals surface area contributed by atoms with Crippen molar-refractivity contribution in [3.05, 3.63) is 54.1 Å². The van der Waals surface area contributed by atoms with E-state index in [2.05, 4.69) is 16.3 Å². The van der Waals surface area contributed by atoms with Gasteiger partial charge in [-0.3, -0.25) is 4.79 Å². The molecule has 8 nitrogen and oxygen atoms in total. The summed E-state index contributed by atoms with van der Waals surface area (Å²) in [6, 6.07) is 14.3. The third-order valence-electron chi connectivity index (χ3n) is 5.58. The average molecular weight is 487 g/mol. The van der Waals surface area contributed by atoms with E-state index in [0.29, 0.717) is 30.4 Å². The van der Waals surface area contributed by atoms with Gasteiger partial charge in [0.25, 0.3) is 5.22 Å². The van der Waals surface area contributed by atoms with Crippen LogP contribution in [-0.4, -0.2) is 54.2 Å².